The van der Waals surface area contributed by atoms with Crippen LogP contribution in [-0.2, 0) is 43.3 Å². The van der Waals surface area contributed by atoms with Crippen molar-refractivity contribution in [2.24, 2.45) is 0 Å². The van der Waals surface area contributed by atoms with Gasteiger partial charge in [0.2, 0.25) is 0 Å². The van der Waals surface area contributed by atoms with Gasteiger partial charge in [-0.05, 0) is 224 Å². The van der Waals surface area contributed by atoms with Crippen LogP contribution in [0, 0.1) is 0 Å². The first-order valence-corrected chi connectivity index (χ1v) is 32.9. The van der Waals surface area contributed by atoms with E-state index in [0.717, 1.165) is 6.42 Å². The molecule has 1 aromatic heterocycles. The van der Waals surface area contributed by atoms with Crippen molar-refractivity contribution in [1.29, 1.82) is 0 Å². The lowest BCUT2D eigenvalue weighted by Crippen LogP contribution is -2.62. The highest BCUT2D eigenvalue weighted by atomic mass is 32.1. The van der Waals surface area contributed by atoms with Crippen molar-refractivity contribution in [3.8, 4) is 0 Å². The number of anilines is 8. The normalized spacial score (nSPS) is 24.3. The fourth-order valence-electron chi connectivity index (χ4n) is 18.0. The first-order valence-electron chi connectivity index (χ1n) is 32.1. The molecule has 3 nitrogen and oxygen atoms in total. The van der Waals surface area contributed by atoms with Crippen LogP contribution in [0.1, 0.15) is 226 Å². The van der Waals surface area contributed by atoms with Crippen molar-refractivity contribution < 1.29 is 0 Å². The summed E-state index contributed by atoms with van der Waals surface area (Å²) in [6.07, 6.45) is 11.9. The van der Waals surface area contributed by atoms with Gasteiger partial charge in [-0.25, -0.2) is 0 Å². The Morgan fingerprint density at radius 2 is 0.867 bits per heavy atom. The molecule has 0 N–H and O–H groups in total. The highest BCUT2D eigenvalue weighted by Crippen LogP contribution is 2.63. The van der Waals surface area contributed by atoms with Gasteiger partial charge < -0.3 is 14.7 Å². The molecule has 1 fully saturated rings. The number of hydrogen-bond donors (Lipinski definition) is 0. The van der Waals surface area contributed by atoms with E-state index in [4.69, 9.17) is 0 Å². The molecule has 7 aliphatic rings. The minimum atomic E-state index is -0.154. The number of fused-ring (bicyclic) bond motifs is 13. The third kappa shape index (κ3) is 7.46. The van der Waals surface area contributed by atoms with Crippen molar-refractivity contribution >= 4 is 100 Å². The summed E-state index contributed by atoms with van der Waals surface area (Å²) >= 11 is 1.92. The number of rotatable bonds is 3. The second-order valence-corrected chi connectivity index (χ2v) is 33.9. The van der Waals surface area contributed by atoms with Gasteiger partial charge >= 0.3 is 0 Å². The summed E-state index contributed by atoms with van der Waals surface area (Å²) in [7, 11) is 0. The predicted molar refractivity (Wildman–Crippen MR) is 361 cm³/mol. The second kappa shape index (κ2) is 17.0. The topological polar surface area (TPSA) is 9.72 Å². The highest BCUT2D eigenvalue weighted by Gasteiger charge is 2.59. The predicted octanol–water partition coefficient (Wildman–Crippen LogP) is 20.2. The summed E-state index contributed by atoms with van der Waals surface area (Å²) in [6, 6.07) is 48.4. The van der Waals surface area contributed by atoms with Crippen LogP contribution in [0.4, 0.5) is 45.5 Å². The van der Waals surface area contributed by atoms with E-state index in [1.165, 1.54) is 184 Å². The van der Waals surface area contributed by atoms with Gasteiger partial charge in [-0.1, -0.05) is 172 Å². The van der Waals surface area contributed by atoms with E-state index in [0.29, 0.717) is 0 Å². The number of thiophene rings is 1. The molecule has 0 radical (unpaired) electrons. The average Bonchev–Trinajstić information content (AvgIpc) is 2.52. The summed E-state index contributed by atoms with van der Waals surface area (Å²) in [5.74, 6) is 0. The molecule has 0 amide bonds. The zero-order chi connectivity index (χ0) is 58.3. The first kappa shape index (κ1) is 53.9. The smallest absolute Gasteiger partial charge is 0.252 e. The molecule has 426 valence electrons. The molecule has 8 aromatic rings. The molecule has 1 saturated carbocycles. The minimum absolute atomic E-state index is 0.00159. The molecule has 5 heteroatoms. The van der Waals surface area contributed by atoms with Gasteiger partial charge in [0, 0.05) is 71.1 Å². The highest BCUT2D eigenvalue weighted by molar-refractivity contribution is 7.25. The third-order valence-corrected chi connectivity index (χ3v) is 25.1. The second-order valence-electron chi connectivity index (χ2n) is 32.9. The maximum Gasteiger partial charge on any atom is 0.252 e. The zero-order valence-electron chi connectivity index (χ0n) is 53.4. The molecule has 83 heavy (non-hydrogen) atoms. The van der Waals surface area contributed by atoms with Crippen LogP contribution in [0.2, 0.25) is 0 Å². The molecule has 7 aromatic carbocycles. The standard InChI is InChI=1S/C78H90BN3S/c1-70(2,3)47-24-28-62-59(38-47)77(16)30-20-21-31-78(77,17)82(62)50-41-65-69-66(42-50)81(49-25-27-53-54(40-49)72(6,7)33-32-71(53,4)5)64-46-58-56(74(10,11)35-37-76(58,14)15)44-61(64)79(69)60-43-55-57(75(12,13)36-34-73(55,8)9)45-63(60)80(65)48-26-29-68-52(39-48)51-22-18-19-23-67(51)83-68/h18-19,22-29,38-46H,20-21,30-37H2,1-17H3. The van der Waals surface area contributed by atoms with Crippen molar-refractivity contribution in [3.05, 3.63) is 160 Å². The van der Waals surface area contributed by atoms with Gasteiger partial charge in [-0.15, -0.1) is 11.3 Å². The maximum atomic E-state index is 2.90. The maximum absolute atomic E-state index is 2.90. The van der Waals surface area contributed by atoms with Crippen LogP contribution >= 0.6 is 11.3 Å². The lowest BCUT2D eigenvalue weighted by Gasteiger charge is -2.52. The molecule has 2 atom stereocenters. The Morgan fingerprint density at radius 1 is 0.386 bits per heavy atom. The summed E-state index contributed by atoms with van der Waals surface area (Å²) in [4.78, 5) is 8.50. The Balaban J connectivity index is 1.11. The van der Waals surface area contributed by atoms with Crippen molar-refractivity contribution in [2.75, 3.05) is 14.7 Å². The van der Waals surface area contributed by atoms with Gasteiger partial charge in [-0.3, -0.25) is 0 Å². The lowest BCUT2D eigenvalue weighted by molar-refractivity contribution is 0.195. The Labute approximate surface area is 502 Å². The molecule has 15 rings (SSSR count). The number of benzene rings is 7. The molecule has 2 unspecified atom stereocenters. The SMILES string of the molecule is CC(C)(C)c1ccc2c(c1)C1(C)CCCCC1(C)N2c1cc2c3c(c1)N(c1ccc4sc5ccccc5c4c1)c1cc4c(cc1B3c1cc3c(cc1N2c1ccc2c(c1)C(C)(C)CCC2(C)C)C(C)(C)CCC3(C)C)C(C)(C)CCC4(C)C. The van der Waals surface area contributed by atoms with Crippen LogP contribution in [0.3, 0.4) is 0 Å². The van der Waals surface area contributed by atoms with Crippen LogP contribution < -0.4 is 31.1 Å². The van der Waals surface area contributed by atoms with Crippen molar-refractivity contribution in [1.82, 2.24) is 0 Å². The van der Waals surface area contributed by atoms with Gasteiger partial charge in [0.1, 0.15) is 0 Å². The van der Waals surface area contributed by atoms with Gasteiger partial charge in [0.25, 0.3) is 6.71 Å². The molecule has 4 heterocycles. The Kier molecular flexibility index (Phi) is 11.1. The van der Waals surface area contributed by atoms with Crippen molar-refractivity contribution in [3.63, 3.8) is 0 Å². The Morgan fingerprint density at radius 3 is 1.43 bits per heavy atom. The van der Waals surface area contributed by atoms with E-state index >= 15 is 0 Å². The van der Waals surface area contributed by atoms with Crippen LogP contribution in [-0.4, -0.2) is 12.3 Å². The van der Waals surface area contributed by atoms with Crippen molar-refractivity contribution in [2.45, 2.75) is 231 Å². The fourth-order valence-corrected chi connectivity index (χ4v) is 19.0. The summed E-state index contributed by atoms with van der Waals surface area (Å²) in [5, 5.41) is 2.68. The van der Waals surface area contributed by atoms with E-state index < -0.39 is 0 Å². The quantitative estimate of drug-likeness (QED) is 0.163. The van der Waals surface area contributed by atoms with E-state index in [1.807, 2.05) is 11.3 Å². The summed E-state index contributed by atoms with van der Waals surface area (Å²) < 4.78 is 2.69. The average molecular weight is 1110 g/mol. The fraction of sp³-hybridized carbons (Fsp3) is 0.462. The monoisotopic (exact) mass is 1110 g/mol. The lowest BCUT2D eigenvalue weighted by atomic mass is 9.32. The largest absolute Gasteiger partial charge is 0.334 e. The van der Waals surface area contributed by atoms with E-state index in [2.05, 4.69) is 248 Å². The first-order chi connectivity index (χ1) is 38.9. The van der Waals surface area contributed by atoms with Gasteiger partial charge in [0.15, 0.2) is 0 Å². The Bertz CT molecular complexity index is 4120. The molecule has 4 aliphatic carbocycles. The zero-order valence-corrected chi connectivity index (χ0v) is 54.2. The summed E-state index contributed by atoms with van der Waals surface area (Å²) in [6.45, 7) is 42.7. The molecular formula is C78H90BN3S. The molecule has 0 bridgehead atoms. The molecule has 0 saturated heterocycles. The van der Waals surface area contributed by atoms with E-state index in [9.17, 15) is 0 Å². The minimum Gasteiger partial charge on any atom is -0.334 e. The summed E-state index contributed by atoms with van der Waals surface area (Å²) in [5.41, 5.74) is 27.0. The van der Waals surface area contributed by atoms with E-state index in [1.54, 1.807) is 0 Å². The molecule has 3 aliphatic heterocycles. The number of hydrogen-bond acceptors (Lipinski definition) is 4. The van der Waals surface area contributed by atoms with Crippen LogP contribution in [0.15, 0.2) is 115 Å². The van der Waals surface area contributed by atoms with E-state index in [-0.39, 0.29) is 55.6 Å². The van der Waals surface area contributed by atoms with Crippen LogP contribution in [0.25, 0.3) is 20.2 Å². The molecular weight excluding hydrogens is 1020 g/mol. The van der Waals surface area contributed by atoms with Gasteiger partial charge in [-0.2, -0.15) is 0 Å². The van der Waals surface area contributed by atoms with Gasteiger partial charge in [0.05, 0.1) is 5.54 Å². The Hall–Kier alpha value is -5.78. The van der Waals surface area contributed by atoms with Crippen LogP contribution in [0.5, 0.6) is 0 Å². The number of nitrogens with zero attached hydrogens (tertiary/aromatic N) is 3. The molecule has 0 spiro atoms. The third-order valence-electron chi connectivity index (χ3n) is 23.9.